The summed E-state index contributed by atoms with van der Waals surface area (Å²) in [5.74, 6) is 1.58. The van der Waals surface area contributed by atoms with Gasteiger partial charge in [-0.1, -0.05) is 18.2 Å². The smallest absolute Gasteiger partial charge is 0.407 e. The predicted octanol–water partition coefficient (Wildman–Crippen LogP) is 4.05. The first-order valence-corrected chi connectivity index (χ1v) is 9.79. The summed E-state index contributed by atoms with van der Waals surface area (Å²) < 4.78 is 10.5. The number of hydrogen-bond donors (Lipinski definition) is 3. The molecule has 2 aromatic rings. The van der Waals surface area contributed by atoms with Gasteiger partial charge in [0, 0.05) is 26.7 Å². The molecule has 0 heterocycles. The number of nitrogens with zero attached hydrogens (tertiary/aromatic N) is 1. The highest BCUT2D eigenvalue weighted by atomic mass is 127. The molecule has 0 aromatic heterocycles. The van der Waals surface area contributed by atoms with Gasteiger partial charge in [0.1, 0.15) is 11.4 Å². The molecule has 30 heavy (non-hydrogen) atoms. The number of nitrogens with one attached hydrogen (secondary N) is 3. The van der Waals surface area contributed by atoms with Crippen LogP contribution in [0.25, 0.3) is 10.8 Å². The zero-order chi connectivity index (χ0) is 21.3. The van der Waals surface area contributed by atoms with E-state index in [1.165, 1.54) is 5.39 Å². The van der Waals surface area contributed by atoms with E-state index < -0.39 is 11.7 Å². The average molecular weight is 528 g/mol. The quantitative estimate of drug-likeness (QED) is 0.219. The van der Waals surface area contributed by atoms with Crippen LogP contribution in [0.1, 0.15) is 32.8 Å². The summed E-state index contributed by atoms with van der Waals surface area (Å²) in [5, 5.41) is 11.6. The molecule has 0 bridgehead atoms. The largest absolute Gasteiger partial charge is 0.497 e. The number of methoxy groups -OCH3 is 1. The van der Waals surface area contributed by atoms with E-state index >= 15 is 0 Å². The van der Waals surface area contributed by atoms with Crippen molar-refractivity contribution in [2.24, 2.45) is 4.99 Å². The van der Waals surface area contributed by atoms with Gasteiger partial charge in [-0.25, -0.2) is 4.79 Å². The van der Waals surface area contributed by atoms with Crippen molar-refractivity contribution in [1.82, 2.24) is 16.0 Å². The Balaban J connectivity index is 0.00000450. The lowest BCUT2D eigenvalue weighted by Gasteiger charge is -2.19. The maximum Gasteiger partial charge on any atom is 0.407 e. The number of hydrogen-bond acceptors (Lipinski definition) is 4. The predicted molar refractivity (Wildman–Crippen MR) is 133 cm³/mol. The number of alkyl carbamates (subject to hydrolysis) is 1. The molecule has 0 saturated heterocycles. The number of aliphatic imine (C=N–C) groups is 1. The van der Waals surface area contributed by atoms with Gasteiger partial charge >= 0.3 is 6.09 Å². The third-order valence-corrected chi connectivity index (χ3v) is 4.11. The SMILES string of the molecule is CN=C(NCCCNC(=O)OC(C)(C)C)NCc1ccc2cc(OC)ccc2c1.I. The second kappa shape index (κ2) is 12.5. The van der Waals surface area contributed by atoms with Crippen LogP contribution in [0.15, 0.2) is 41.4 Å². The molecule has 0 unspecified atom stereocenters. The fraction of sp³-hybridized carbons (Fsp3) is 0.455. The Morgan fingerprint density at radius 1 is 1.00 bits per heavy atom. The second-order valence-electron chi connectivity index (χ2n) is 7.68. The lowest BCUT2D eigenvalue weighted by atomic mass is 10.1. The Bertz CT molecular complexity index is 850. The van der Waals surface area contributed by atoms with Gasteiger partial charge in [-0.3, -0.25) is 4.99 Å². The number of amides is 1. The second-order valence-corrected chi connectivity index (χ2v) is 7.68. The third-order valence-electron chi connectivity index (χ3n) is 4.11. The van der Waals surface area contributed by atoms with Gasteiger partial charge in [0.05, 0.1) is 7.11 Å². The molecule has 166 valence electrons. The summed E-state index contributed by atoms with van der Waals surface area (Å²) >= 11 is 0. The molecule has 0 fully saturated rings. The van der Waals surface area contributed by atoms with Crippen molar-refractivity contribution in [3.63, 3.8) is 0 Å². The lowest BCUT2D eigenvalue weighted by Crippen LogP contribution is -2.39. The lowest BCUT2D eigenvalue weighted by molar-refractivity contribution is 0.0527. The maximum atomic E-state index is 11.6. The summed E-state index contributed by atoms with van der Waals surface area (Å²) in [7, 11) is 3.41. The van der Waals surface area contributed by atoms with E-state index in [0.717, 1.165) is 29.1 Å². The van der Waals surface area contributed by atoms with Crippen LogP contribution in [0.5, 0.6) is 5.75 Å². The number of benzene rings is 2. The van der Waals surface area contributed by atoms with Crippen molar-refractivity contribution >= 4 is 46.8 Å². The topological polar surface area (TPSA) is 84.0 Å². The minimum Gasteiger partial charge on any atom is -0.497 e. The molecule has 0 aliphatic heterocycles. The Morgan fingerprint density at radius 3 is 2.33 bits per heavy atom. The van der Waals surface area contributed by atoms with Crippen LogP contribution in [0, 0.1) is 0 Å². The van der Waals surface area contributed by atoms with E-state index in [9.17, 15) is 4.79 Å². The van der Waals surface area contributed by atoms with Crippen molar-refractivity contribution in [1.29, 1.82) is 0 Å². The normalized spacial score (nSPS) is 11.4. The molecule has 7 nitrogen and oxygen atoms in total. The minimum absolute atomic E-state index is 0. The monoisotopic (exact) mass is 528 g/mol. The van der Waals surface area contributed by atoms with Gasteiger partial charge in [-0.2, -0.15) is 0 Å². The van der Waals surface area contributed by atoms with Crippen molar-refractivity contribution in [3.05, 3.63) is 42.0 Å². The fourth-order valence-corrected chi connectivity index (χ4v) is 2.72. The molecule has 3 N–H and O–H groups in total. The third kappa shape index (κ3) is 9.06. The van der Waals surface area contributed by atoms with E-state index in [2.05, 4.69) is 45.2 Å². The standard InChI is InChI=1S/C22H32N4O3.HI/c1-22(2,3)29-21(27)25-12-6-11-24-20(23-4)26-15-16-7-8-18-14-19(28-5)10-9-17(18)13-16;/h7-10,13-14H,6,11-12,15H2,1-5H3,(H,25,27)(H2,23,24,26);1H. The Kier molecular flexibility index (Phi) is 10.7. The molecule has 0 aliphatic rings. The molecule has 0 radical (unpaired) electrons. The highest BCUT2D eigenvalue weighted by Gasteiger charge is 2.15. The van der Waals surface area contributed by atoms with Gasteiger partial charge < -0.3 is 25.4 Å². The Morgan fingerprint density at radius 2 is 1.67 bits per heavy atom. The number of carbonyl (C=O) groups excluding carboxylic acids is 1. The minimum atomic E-state index is -0.483. The van der Waals surface area contributed by atoms with Gasteiger partial charge in [-0.05, 0) is 61.7 Å². The van der Waals surface area contributed by atoms with Crippen LogP contribution in [0.2, 0.25) is 0 Å². The van der Waals surface area contributed by atoms with Crippen molar-refractivity contribution in [2.45, 2.75) is 39.3 Å². The summed E-state index contributed by atoms with van der Waals surface area (Å²) in [6, 6.07) is 12.4. The average Bonchev–Trinajstić information content (AvgIpc) is 2.68. The van der Waals surface area contributed by atoms with E-state index in [-0.39, 0.29) is 24.0 Å². The molecule has 1 amide bonds. The van der Waals surface area contributed by atoms with Gasteiger partial charge in [-0.15, -0.1) is 24.0 Å². The van der Waals surface area contributed by atoms with Crippen LogP contribution in [0.4, 0.5) is 4.79 Å². The number of fused-ring (bicyclic) bond motifs is 1. The highest BCUT2D eigenvalue weighted by molar-refractivity contribution is 14.0. The molecule has 8 heteroatoms. The van der Waals surface area contributed by atoms with Crippen molar-refractivity contribution in [3.8, 4) is 5.75 Å². The van der Waals surface area contributed by atoms with E-state index in [4.69, 9.17) is 9.47 Å². The molecule has 0 aliphatic carbocycles. The number of guanidine groups is 1. The van der Waals surface area contributed by atoms with Gasteiger partial charge in [0.15, 0.2) is 5.96 Å². The first kappa shape index (κ1) is 25.8. The van der Waals surface area contributed by atoms with Gasteiger partial charge in [0.2, 0.25) is 0 Å². The molecule has 0 spiro atoms. The van der Waals surface area contributed by atoms with Crippen LogP contribution in [0.3, 0.4) is 0 Å². The molecular formula is C22H33IN4O3. The number of ether oxygens (including phenoxy) is 2. The molecule has 0 atom stereocenters. The zero-order valence-electron chi connectivity index (χ0n) is 18.4. The summed E-state index contributed by atoms with van der Waals surface area (Å²) in [6.07, 6.45) is 0.367. The van der Waals surface area contributed by atoms with Crippen LogP contribution in [-0.2, 0) is 11.3 Å². The Labute approximate surface area is 196 Å². The maximum absolute atomic E-state index is 11.6. The molecule has 2 rings (SSSR count). The number of halogens is 1. The first-order chi connectivity index (χ1) is 13.8. The van der Waals surface area contributed by atoms with E-state index in [0.29, 0.717) is 19.6 Å². The molecule has 2 aromatic carbocycles. The molecule has 0 saturated carbocycles. The Hall–Kier alpha value is -2.23. The van der Waals surface area contributed by atoms with E-state index in [1.54, 1.807) is 14.2 Å². The molecular weight excluding hydrogens is 495 g/mol. The summed E-state index contributed by atoms with van der Waals surface area (Å²) in [6.45, 7) is 7.42. The van der Waals surface area contributed by atoms with Crippen LogP contribution >= 0.6 is 24.0 Å². The first-order valence-electron chi connectivity index (χ1n) is 9.79. The number of carbonyl (C=O) groups is 1. The highest BCUT2D eigenvalue weighted by Crippen LogP contribution is 2.21. The van der Waals surface area contributed by atoms with E-state index in [1.807, 2.05) is 32.9 Å². The van der Waals surface area contributed by atoms with Crippen LogP contribution < -0.4 is 20.7 Å². The summed E-state index contributed by atoms with van der Waals surface area (Å²) in [4.78, 5) is 15.8. The zero-order valence-corrected chi connectivity index (χ0v) is 20.7. The van der Waals surface area contributed by atoms with Crippen molar-refractivity contribution in [2.75, 3.05) is 27.2 Å². The summed E-state index contributed by atoms with van der Waals surface area (Å²) in [5.41, 5.74) is 0.681. The van der Waals surface area contributed by atoms with Gasteiger partial charge in [0.25, 0.3) is 0 Å². The van der Waals surface area contributed by atoms with Crippen LogP contribution in [-0.4, -0.2) is 44.9 Å². The fourth-order valence-electron chi connectivity index (χ4n) is 2.72. The number of rotatable bonds is 7. The van der Waals surface area contributed by atoms with Crippen molar-refractivity contribution < 1.29 is 14.3 Å².